The normalized spacial score (nSPS) is 29.9. The molecule has 26 nitrogen and oxygen atoms in total. The molecule has 3 aliphatic heterocycles. The molecule has 1 aliphatic carbocycles. The number of cyclic esters (lactones) is 1. The zero-order valence-electron chi connectivity index (χ0n) is 60.4. The molecule has 4 aliphatic rings. The Hall–Kier alpha value is -6.03. The van der Waals surface area contributed by atoms with Crippen molar-refractivity contribution in [3.8, 4) is 0 Å². The summed E-state index contributed by atoms with van der Waals surface area (Å²) >= 11 is 5.70. The van der Waals surface area contributed by atoms with Gasteiger partial charge in [0.2, 0.25) is 11.7 Å². The Morgan fingerprint density at radius 3 is 2.20 bits per heavy atom. The van der Waals surface area contributed by atoms with Crippen LogP contribution in [0.1, 0.15) is 145 Å². The van der Waals surface area contributed by atoms with E-state index in [-0.39, 0.29) is 66.5 Å². The van der Waals surface area contributed by atoms with E-state index in [2.05, 4.69) is 19.3 Å². The van der Waals surface area contributed by atoms with Crippen LogP contribution in [0.3, 0.4) is 0 Å². The summed E-state index contributed by atoms with van der Waals surface area (Å²) in [5.74, 6) is -7.61. The number of hydrogen-bond acceptors (Lipinski definition) is 23. The van der Waals surface area contributed by atoms with Gasteiger partial charge >= 0.3 is 13.8 Å². The summed E-state index contributed by atoms with van der Waals surface area (Å²) in [7, 11) is 8.20. The summed E-state index contributed by atoms with van der Waals surface area (Å²) in [6.07, 6.45) is 15.0. The number of likely N-dealkylation sites (N-methyl/N-ethyl adjacent to an activating group) is 1. The van der Waals surface area contributed by atoms with Gasteiger partial charge in [0, 0.05) is 119 Å². The molecule has 4 heterocycles. The number of rotatable bonds is 17. The Kier molecular flexibility index (Phi) is 37.2. The fraction of sp³-hybridized carbons (Fsp3) is 0.671. The van der Waals surface area contributed by atoms with E-state index in [1.165, 1.54) is 44.1 Å². The Labute approximate surface area is 584 Å². The van der Waals surface area contributed by atoms with Gasteiger partial charge in [0.05, 0.1) is 29.3 Å². The number of carbonyl (C=O) groups excluding carboxylic acids is 6. The molecular formula is C70H110ClN6O20P. The molecule has 552 valence electrons. The van der Waals surface area contributed by atoms with Gasteiger partial charge in [-0.05, 0) is 132 Å². The summed E-state index contributed by atoms with van der Waals surface area (Å²) in [5.41, 5.74) is 2.20. The van der Waals surface area contributed by atoms with E-state index in [0.29, 0.717) is 87.4 Å². The first kappa shape index (κ1) is 86.2. The minimum absolute atomic E-state index is 0.0193. The van der Waals surface area contributed by atoms with Crippen molar-refractivity contribution in [2.24, 2.45) is 35.5 Å². The quantitative estimate of drug-likeness (QED) is 0.0130. The van der Waals surface area contributed by atoms with E-state index in [4.69, 9.17) is 39.8 Å². The molecule has 2 saturated heterocycles. The van der Waals surface area contributed by atoms with Crippen molar-refractivity contribution in [3.05, 3.63) is 111 Å². The molecule has 5 rings (SSSR count). The average molecular weight is 1420 g/mol. The zero-order valence-corrected chi connectivity index (χ0v) is 62.0. The standard InChI is InChI=1S/C51H79NO13.C11H15ClN4O2.C8H16NO5P/c1-30-16-12-11-13-17-31(2)42(61-8)28-38-21-19-36(7)51(60,65-38)48(57)49(58)52-23-15-14-18-39(52)50(59)64-43(33(4)26-37-20-22-40(53)44(27-37)62-9)29-41(54)32(3)25-35(6)46(56)47(63-10)45(55)34(5)24-30;1-3-15(11(13-2)8-16(17)18)7-9-4-5-10(12)14-6-9;1-7(6-8(10)9(2)3)14-15(11,12-4)13-5/h11-13,16-17,25,30,32-34,36-40,42-44,46-47,53,56,60H,14-15,18-24,26-29H2,1-10H3;4-6,8,13H,3,7H2,1-2H3;6H,1-5H3/b13-11?,16-12+,31-17?,35-25+;11-8+;7-6+/t30-,32-,33-,34-,36-,37+,38+,39+,40-,42+,43+,44-,46-,47+,51-;;/m1../s1. The number of nitro groups is 1. The number of hydrogen-bond donors (Lipinski definition) is 4. The molecule has 1 aromatic heterocycles. The van der Waals surface area contributed by atoms with Gasteiger partial charge in [0.15, 0.2) is 11.6 Å². The fourth-order valence-electron chi connectivity index (χ4n) is 12.3. The maximum atomic E-state index is 14.4. The van der Waals surface area contributed by atoms with Crippen molar-refractivity contribution in [3.63, 3.8) is 0 Å². The van der Waals surface area contributed by atoms with Crippen molar-refractivity contribution in [1.82, 2.24) is 25.0 Å². The topological polar surface area (TPSA) is 332 Å². The van der Waals surface area contributed by atoms with Crippen molar-refractivity contribution < 1.29 is 90.8 Å². The Bertz CT molecular complexity index is 3010. The number of nitrogens with zero attached hydrogens (tertiary/aromatic N) is 5. The molecule has 2 bridgehead atoms. The Balaban J connectivity index is 0.000000614. The third kappa shape index (κ3) is 26.8. The number of fused-ring (bicyclic) bond motifs is 3. The maximum Gasteiger partial charge on any atom is 0.529 e. The predicted molar refractivity (Wildman–Crippen MR) is 370 cm³/mol. The summed E-state index contributed by atoms with van der Waals surface area (Å²) in [4.78, 5) is 100. The van der Waals surface area contributed by atoms with Crippen LogP contribution in [0.2, 0.25) is 5.15 Å². The molecular weight excluding hydrogens is 1310 g/mol. The average Bonchev–Trinajstić information content (AvgIpc) is 0.774. The lowest BCUT2D eigenvalue weighted by atomic mass is 9.78. The first-order valence-corrected chi connectivity index (χ1v) is 35.4. The van der Waals surface area contributed by atoms with Crippen LogP contribution >= 0.6 is 19.4 Å². The number of amides is 2. The van der Waals surface area contributed by atoms with Crippen molar-refractivity contribution in [2.75, 3.05) is 69.8 Å². The number of esters is 1. The molecule has 0 unspecified atom stereocenters. The summed E-state index contributed by atoms with van der Waals surface area (Å²) in [5, 5.41) is 47.6. The van der Waals surface area contributed by atoms with Gasteiger partial charge < -0.3 is 63.5 Å². The van der Waals surface area contributed by atoms with E-state index in [9.17, 15) is 58.8 Å². The predicted octanol–water partition coefficient (Wildman–Crippen LogP) is 9.43. The van der Waals surface area contributed by atoms with Gasteiger partial charge in [-0.1, -0.05) is 88.7 Å². The monoisotopic (exact) mass is 1420 g/mol. The number of methoxy groups -OCH3 is 3. The van der Waals surface area contributed by atoms with Gasteiger partial charge in [0.25, 0.3) is 17.9 Å². The van der Waals surface area contributed by atoms with Crippen LogP contribution in [0.25, 0.3) is 0 Å². The summed E-state index contributed by atoms with van der Waals surface area (Å²) in [6.45, 7) is 17.3. The highest BCUT2D eigenvalue weighted by Crippen LogP contribution is 2.49. The second-order valence-electron chi connectivity index (χ2n) is 26.0. The maximum absolute atomic E-state index is 14.4. The van der Waals surface area contributed by atoms with Crippen molar-refractivity contribution in [2.45, 2.75) is 200 Å². The molecule has 15 atom stereocenters. The highest BCUT2D eigenvalue weighted by Gasteiger charge is 2.53. The van der Waals surface area contributed by atoms with Crippen LogP contribution in [0.4, 0.5) is 0 Å². The first-order chi connectivity index (χ1) is 46.2. The molecule has 98 heavy (non-hydrogen) atoms. The van der Waals surface area contributed by atoms with E-state index in [1.807, 2.05) is 76.0 Å². The van der Waals surface area contributed by atoms with E-state index < -0.39 is 96.6 Å². The number of aliphatic hydroxyl groups excluding tert-OH is 2. The fourth-order valence-corrected chi connectivity index (χ4v) is 13.1. The van der Waals surface area contributed by atoms with Gasteiger partial charge in [-0.15, -0.1) is 0 Å². The summed E-state index contributed by atoms with van der Waals surface area (Å²) in [6, 6.07) is 2.40. The molecule has 1 aromatic rings. The first-order valence-electron chi connectivity index (χ1n) is 33.5. The van der Waals surface area contributed by atoms with Gasteiger partial charge in [-0.25, -0.2) is 14.3 Å². The van der Waals surface area contributed by atoms with Crippen LogP contribution in [0, 0.1) is 45.6 Å². The number of nitrogens with one attached hydrogen (secondary N) is 1. The molecule has 0 spiro atoms. The van der Waals surface area contributed by atoms with Gasteiger partial charge in [-0.3, -0.25) is 43.1 Å². The third-order valence-electron chi connectivity index (χ3n) is 18.3. The molecule has 28 heteroatoms. The summed E-state index contributed by atoms with van der Waals surface area (Å²) < 4.78 is 54.8. The van der Waals surface area contributed by atoms with Crippen LogP contribution < -0.4 is 5.32 Å². The Morgan fingerprint density at radius 1 is 0.939 bits per heavy atom. The number of phosphoric acid groups is 1. The number of aromatic nitrogens is 1. The largest absolute Gasteiger partial charge is 0.529 e. The highest BCUT2D eigenvalue weighted by molar-refractivity contribution is 7.48. The molecule has 4 N–H and O–H groups in total. The zero-order chi connectivity index (χ0) is 73.8. The lowest BCUT2D eigenvalue weighted by molar-refractivity contribution is -0.404. The number of pyridine rings is 1. The SMILES string of the molecule is CCN(Cc1ccc(Cl)nc1)/C(=C/[N+](=O)[O-])NC.COP(=O)(OC)O/C(C)=C/C(=O)N(C)C.CO[C@H]1C[C@@H]2CC[C@@H](C)[C@@](O)(O2)C(=O)C(=O)N2CCCC[C@H]2C(=O)O[C@H]([C@H](C)C[C@@H]2CC[C@@H](O)[C@H](OC)C2)CC(=O)[C@H](C)/C=C(\C)[C@@H](O)[C@@H](OC)C(=O)[C@H](C)C[C@H](C)/C=C/C=CC=C1C. The molecule has 0 radical (unpaired) electrons. The third-order valence-corrected chi connectivity index (χ3v) is 19.9. The minimum Gasteiger partial charge on any atom is -0.460 e. The van der Waals surface area contributed by atoms with Crippen LogP contribution in [-0.4, -0.2) is 199 Å². The number of ketones is 3. The van der Waals surface area contributed by atoms with Crippen molar-refractivity contribution >= 4 is 54.6 Å². The van der Waals surface area contributed by atoms with Crippen LogP contribution in [0.5, 0.6) is 0 Å². The van der Waals surface area contributed by atoms with Crippen LogP contribution in [-0.2, 0) is 77.1 Å². The molecule has 0 aromatic carbocycles. The number of phosphoric ester groups is 1. The number of piperidine rings is 1. The minimum atomic E-state index is -3.56. The second kappa shape index (κ2) is 42.3. The van der Waals surface area contributed by atoms with Crippen molar-refractivity contribution in [1.29, 1.82) is 0 Å². The lowest BCUT2D eigenvalue weighted by Gasteiger charge is -2.42. The lowest BCUT2D eigenvalue weighted by Crippen LogP contribution is -2.61. The number of allylic oxidation sites excluding steroid dienone is 7. The highest BCUT2D eigenvalue weighted by atomic mass is 35.5. The van der Waals surface area contributed by atoms with Crippen LogP contribution in [0.15, 0.2) is 89.8 Å². The smallest absolute Gasteiger partial charge is 0.460 e. The molecule has 2 amide bonds. The van der Waals surface area contributed by atoms with E-state index in [0.717, 1.165) is 23.8 Å². The number of ether oxygens (including phenoxy) is 5. The molecule has 1 saturated carbocycles. The number of halogens is 1. The van der Waals surface area contributed by atoms with E-state index in [1.54, 1.807) is 74.5 Å². The second-order valence-corrected chi connectivity index (χ2v) is 28.2. The number of aliphatic hydroxyl groups is 3. The van der Waals surface area contributed by atoms with Gasteiger partial charge in [0.1, 0.15) is 41.0 Å². The Morgan fingerprint density at radius 2 is 1.62 bits per heavy atom. The van der Waals surface area contributed by atoms with E-state index >= 15 is 0 Å². The number of Topliss-reactive ketones (excluding diaryl/α,β-unsaturated/α-hetero) is 3. The van der Waals surface area contributed by atoms with Gasteiger partial charge in [-0.2, -0.15) is 0 Å². The number of carbonyl (C=O) groups is 6. The molecule has 3 fully saturated rings.